The number of nitrogens with one attached hydrogen (secondary N) is 1. The van der Waals surface area contributed by atoms with Gasteiger partial charge in [-0.3, -0.25) is 4.79 Å². The summed E-state index contributed by atoms with van der Waals surface area (Å²) in [6, 6.07) is 9.13. The third-order valence-corrected chi connectivity index (χ3v) is 3.65. The molecule has 0 bridgehead atoms. The number of rotatable bonds is 7. The van der Waals surface area contributed by atoms with Crippen LogP contribution in [-0.2, 0) is 4.79 Å². The highest BCUT2D eigenvalue weighted by atomic mass is 16.4. The Morgan fingerprint density at radius 2 is 1.95 bits per heavy atom. The molecule has 0 aliphatic heterocycles. The number of amides is 1. The Hall–Kier alpha value is -2.04. The fourth-order valence-electron chi connectivity index (χ4n) is 2.32. The second-order valence-electron chi connectivity index (χ2n) is 5.53. The fraction of sp³-hybridized carbons (Fsp3) is 0.500. The van der Waals surface area contributed by atoms with Gasteiger partial charge in [-0.25, -0.2) is 0 Å². The highest BCUT2D eigenvalue weighted by molar-refractivity contribution is 6.07. The van der Waals surface area contributed by atoms with Crippen LogP contribution < -0.4 is 11.1 Å². The van der Waals surface area contributed by atoms with Gasteiger partial charge in [-0.1, -0.05) is 55.8 Å². The van der Waals surface area contributed by atoms with Crippen LogP contribution in [0.5, 0.6) is 0 Å². The molecule has 0 aromatic heterocycles. The minimum absolute atomic E-state index is 0.0464. The molecule has 0 saturated carbocycles. The van der Waals surface area contributed by atoms with E-state index in [-0.39, 0.29) is 17.8 Å². The van der Waals surface area contributed by atoms with Crippen molar-refractivity contribution in [2.45, 2.75) is 45.6 Å². The zero-order valence-corrected chi connectivity index (χ0v) is 12.9. The molecule has 1 aromatic rings. The van der Waals surface area contributed by atoms with Gasteiger partial charge in [0.2, 0.25) is 5.91 Å². The lowest BCUT2D eigenvalue weighted by atomic mass is 9.95. The van der Waals surface area contributed by atoms with Gasteiger partial charge in [-0.15, -0.1) is 0 Å². The van der Waals surface area contributed by atoms with Gasteiger partial charge in [-0.2, -0.15) is 0 Å². The van der Waals surface area contributed by atoms with E-state index >= 15 is 0 Å². The average molecular weight is 291 g/mol. The molecular formula is C16H25N3O2. The molecule has 4 N–H and O–H groups in total. The Kier molecular flexibility index (Phi) is 6.72. The van der Waals surface area contributed by atoms with Gasteiger partial charge in [-0.05, 0) is 24.8 Å². The van der Waals surface area contributed by atoms with Crippen LogP contribution in [0.3, 0.4) is 0 Å². The van der Waals surface area contributed by atoms with Crippen LogP contribution in [0.2, 0.25) is 0 Å². The summed E-state index contributed by atoms with van der Waals surface area (Å²) in [6.45, 7) is 6.25. The topological polar surface area (TPSA) is 87.7 Å². The second kappa shape index (κ2) is 8.29. The molecule has 1 rings (SSSR count). The predicted molar refractivity (Wildman–Crippen MR) is 84.3 cm³/mol. The maximum absolute atomic E-state index is 12.4. The molecular weight excluding hydrogens is 266 g/mol. The minimum atomic E-state index is -0.768. The molecule has 116 valence electrons. The first-order valence-electron chi connectivity index (χ1n) is 7.32. The summed E-state index contributed by atoms with van der Waals surface area (Å²) >= 11 is 0. The number of hydrogen-bond acceptors (Lipinski definition) is 3. The summed E-state index contributed by atoms with van der Waals surface area (Å²) in [5.74, 6) is -0.573. The summed E-state index contributed by atoms with van der Waals surface area (Å²) in [5, 5.41) is 14.9. The zero-order chi connectivity index (χ0) is 15.8. The Morgan fingerprint density at radius 3 is 2.48 bits per heavy atom. The third-order valence-electron chi connectivity index (χ3n) is 3.65. The van der Waals surface area contributed by atoms with E-state index in [1.54, 1.807) is 12.1 Å². The molecule has 0 saturated heterocycles. The van der Waals surface area contributed by atoms with Gasteiger partial charge < -0.3 is 16.3 Å². The first kappa shape index (κ1) is 17.0. The van der Waals surface area contributed by atoms with Gasteiger partial charge in [0.1, 0.15) is 5.92 Å². The number of nitrogens with two attached hydrogens (primary N) is 1. The fourth-order valence-corrected chi connectivity index (χ4v) is 2.32. The predicted octanol–water partition coefficient (Wildman–Crippen LogP) is 2.46. The van der Waals surface area contributed by atoms with Gasteiger partial charge in [0.25, 0.3) is 0 Å². The van der Waals surface area contributed by atoms with Crippen molar-refractivity contribution in [3.05, 3.63) is 35.9 Å². The number of benzene rings is 1. The lowest BCUT2D eigenvalue weighted by molar-refractivity contribution is -0.121. The smallest absolute Gasteiger partial charge is 0.235 e. The molecule has 0 spiro atoms. The van der Waals surface area contributed by atoms with E-state index in [9.17, 15) is 4.79 Å². The monoisotopic (exact) mass is 291 g/mol. The van der Waals surface area contributed by atoms with Crippen molar-refractivity contribution in [1.82, 2.24) is 5.32 Å². The van der Waals surface area contributed by atoms with E-state index in [0.717, 1.165) is 12.8 Å². The van der Waals surface area contributed by atoms with Crippen LogP contribution in [-0.4, -0.2) is 23.0 Å². The molecule has 5 nitrogen and oxygen atoms in total. The van der Waals surface area contributed by atoms with Gasteiger partial charge in [0, 0.05) is 6.04 Å². The molecule has 0 heterocycles. The van der Waals surface area contributed by atoms with Crippen molar-refractivity contribution in [1.29, 1.82) is 0 Å². The molecule has 3 atom stereocenters. The molecule has 0 radical (unpaired) electrons. The van der Waals surface area contributed by atoms with Crippen molar-refractivity contribution in [2.75, 3.05) is 0 Å². The Bertz CT molecular complexity index is 474. The van der Waals surface area contributed by atoms with Crippen molar-refractivity contribution in [3.8, 4) is 0 Å². The van der Waals surface area contributed by atoms with Crippen molar-refractivity contribution < 1.29 is 10.0 Å². The van der Waals surface area contributed by atoms with Crippen LogP contribution in [0.1, 0.15) is 45.1 Å². The highest BCUT2D eigenvalue weighted by Crippen LogP contribution is 2.17. The molecule has 5 heteroatoms. The minimum Gasteiger partial charge on any atom is -0.409 e. The third kappa shape index (κ3) is 5.10. The largest absolute Gasteiger partial charge is 0.409 e. The first-order valence-corrected chi connectivity index (χ1v) is 7.32. The van der Waals surface area contributed by atoms with Gasteiger partial charge in [0.05, 0.1) is 0 Å². The van der Waals surface area contributed by atoms with E-state index < -0.39 is 5.92 Å². The number of carbonyl (C=O) groups is 1. The Morgan fingerprint density at radius 1 is 1.33 bits per heavy atom. The summed E-state index contributed by atoms with van der Waals surface area (Å²) in [4.78, 5) is 12.4. The quantitative estimate of drug-likeness (QED) is 0.312. The van der Waals surface area contributed by atoms with Gasteiger partial charge >= 0.3 is 0 Å². The van der Waals surface area contributed by atoms with E-state index in [2.05, 4.69) is 24.3 Å². The number of amidine groups is 1. The van der Waals surface area contributed by atoms with Crippen molar-refractivity contribution in [2.24, 2.45) is 16.8 Å². The molecule has 1 amide bonds. The SMILES string of the molecule is CCC(C)CC(C)NC(=O)C(C(N)=NO)c1ccccc1. The van der Waals surface area contributed by atoms with E-state index in [0.29, 0.717) is 11.5 Å². The van der Waals surface area contributed by atoms with E-state index in [1.807, 2.05) is 25.1 Å². The summed E-state index contributed by atoms with van der Waals surface area (Å²) in [6.07, 6.45) is 1.97. The summed E-state index contributed by atoms with van der Waals surface area (Å²) in [7, 11) is 0. The van der Waals surface area contributed by atoms with Gasteiger partial charge in [0.15, 0.2) is 5.84 Å². The number of hydrogen-bond donors (Lipinski definition) is 3. The molecule has 1 aromatic carbocycles. The Labute approximate surface area is 126 Å². The lowest BCUT2D eigenvalue weighted by Gasteiger charge is -2.21. The van der Waals surface area contributed by atoms with Crippen molar-refractivity contribution in [3.63, 3.8) is 0 Å². The van der Waals surface area contributed by atoms with Crippen LogP contribution in [0.15, 0.2) is 35.5 Å². The molecule has 3 unspecified atom stereocenters. The number of carbonyl (C=O) groups excluding carboxylic acids is 1. The molecule has 0 fully saturated rings. The number of oxime groups is 1. The maximum Gasteiger partial charge on any atom is 0.235 e. The van der Waals surface area contributed by atoms with E-state index in [4.69, 9.17) is 10.9 Å². The second-order valence-corrected chi connectivity index (χ2v) is 5.53. The lowest BCUT2D eigenvalue weighted by Crippen LogP contribution is -2.41. The zero-order valence-electron chi connectivity index (χ0n) is 12.9. The molecule has 21 heavy (non-hydrogen) atoms. The molecule has 0 aliphatic rings. The molecule has 0 aliphatic carbocycles. The Balaban J connectivity index is 2.83. The average Bonchev–Trinajstić information content (AvgIpc) is 2.47. The normalized spacial score (nSPS) is 16.0. The van der Waals surface area contributed by atoms with Crippen LogP contribution in [0, 0.1) is 5.92 Å². The summed E-state index contributed by atoms with van der Waals surface area (Å²) < 4.78 is 0. The summed E-state index contributed by atoms with van der Waals surface area (Å²) in [5.41, 5.74) is 6.40. The first-order chi connectivity index (χ1) is 9.99. The maximum atomic E-state index is 12.4. The standard InChI is InChI=1S/C16H25N3O2/c1-4-11(2)10-12(3)18-16(20)14(15(17)19-21)13-8-6-5-7-9-13/h5-9,11-12,14,21H,4,10H2,1-3H3,(H2,17,19)(H,18,20). The van der Waals surface area contributed by atoms with Crippen LogP contribution >= 0.6 is 0 Å². The van der Waals surface area contributed by atoms with Crippen molar-refractivity contribution >= 4 is 11.7 Å². The van der Waals surface area contributed by atoms with E-state index in [1.165, 1.54) is 0 Å². The van der Waals surface area contributed by atoms with Crippen LogP contribution in [0.4, 0.5) is 0 Å². The van der Waals surface area contributed by atoms with Crippen LogP contribution in [0.25, 0.3) is 0 Å². The number of nitrogens with zero attached hydrogens (tertiary/aromatic N) is 1. The highest BCUT2D eigenvalue weighted by Gasteiger charge is 2.26.